The SMILES string of the molecule is CC(=O)N[C@H](C)C(=O)Nc1cc(-n2cccc2)ccc1F. The molecule has 1 atom stereocenters. The summed E-state index contributed by atoms with van der Waals surface area (Å²) in [5.74, 6) is -1.33. The van der Waals surface area contributed by atoms with Crippen molar-refractivity contribution < 1.29 is 14.0 Å². The van der Waals surface area contributed by atoms with Crippen molar-refractivity contribution in [3.05, 3.63) is 48.5 Å². The van der Waals surface area contributed by atoms with Crippen LogP contribution in [-0.2, 0) is 9.59 Å². The molecule has 0 aliphatic heterocycles. The highest BCUT2D eigenvalue weighted by Gasteiger charge is 2.15. The number of hydrogen-bond donors (Lipinski definition) is 2. The standard InChI is InChI=1S/C15H16FN3O2/c1-10(17-11(2)20)15(21)18-14-9-12(5-6-13(14)16)19-7-3-4-8-19/h3-10H,1-2H3,(H,17,20)(H,18,21)/t10-/m1/s1. The van der Waals surface area contributed by atoms with Crippen LogP contribution in [-0.4, -0.2) is 22.4 Å². The van der Waals surface area contributed by atoms with Gasteiger partial charge < -0.3 is 15.2 Å². The van der Waals surface area contributed by atoms with E-state index in [1.165, 1.54) is 26.0 Å². The zero-order valence-electron chi connectivity index (χ0n) is 11.8. The van der Waals surface area contributed by atoms with Gasteiger partial charge in [0.1, 0.15) is 11.9 Å². The second-order valence-corrected chi connectivity index (χ2v) is 4.67. The van der Waals surface area contributed by atoms with Crippen molar-refractivity contribution in [2.75, 3.05) is 5.32 Å². The van der Waals surface area contributed by atoms with Gasteiger partial charge in [-0.2, -0.15) is 0 Å². The molecule has 2 rings (SSSR count). The number of carbonyl (C=O) groups excluding carboxylic acids is 2. The molecule has 1 aromatic heterocycles. The number of amides is 2. The van der Waals surface area contributed by atoms with Crippen LogP contribution in [0, 0.1) is 5.82 Å². The van der Waals surface area contributed by atoms with E-state index < -0.39 is 17.8 Å². The smallest absolute Gasteiger partial charge is 0.246 e. The summed E-state index contributed by atoms with van der Waals surface area (Å²) >= 11 is 0. The normalized spacial score (nSPS) is 11.8. The van der Waals surface area contributed by atoms with Crippen LogP contribution in [0.4, 0.5) is 10.1 Å². The predicted octanol–water partition coefficient (Wildman–Crippen LogP) is 2.08. The highest BCUT2D eigenvalue weighted by atomic mass is 19.1. The van der Waals surface area contributed by atoms with Crippen LogP contribution < -0.4 is 10.6 Å². The zero-order valence-corrected chi connectivity index (χ0v) is 11.8. The average molecular weight is 289 g/mol. The summed E-state index contributed by atoms with van der Waals surface area (Å²) in [6, 6.07) is 7.39. The molecule has 2 amide bonds. The molecule has 5 nitrogen and oxygen atoms in total. The summed E-state index contributed by atoms with van der Waals surface area (Å²) in [5.41, 5.74) is 0.798. The van der Waals surface area contributed by atoms with Crippen LogP contribution in [0.15, 0.2) is 42.7 Å². The van der Waals surface area contributed by atoms with E-state index in [9.17, 15) is 14.0 Å². The van der Waals surface area contributed by atoms with Gasteiger partial charge in [-0.3, -0.25) is 9.59 Å². The lowest BCUT2D eigenvalue weighted by molar-refractivity contribution is -0.124. The molecule has 2 N–H and O–H groups in total. The maximum atomic E-state index is 13.8. The molecule has 0 aliphatic carbocycles. The van der Waals surface area contributed by atoms with Crippen LogP contribution >= 0.6 is 0 Å². The molecule has 0 bridgehead atoms. The largest absolute Gasteiger partial charge is 0.345 e. The summed E-state index contributed by atoms with van der Waals surface area (Å²) < 4.78 is 15.6. The van der Waals surface area contributed by atoms with Crippen LogP contribution in [0.3, 0.4) is 0 Å². The van der Waals surface area contributed by atoms with Crippen molar-refractivity contribution in [1.29, 1.82) is 0 Å². The van der Waals surface area contributed by atoms with Crippen LogP contribution in [0.5, 0.6) is 0 Å². The van der Waals surface area contributed by atoms with E-state index in [1.807, 2.05) is 24.5 Å². The van der Waals surface area contributed by atoms with Crippen molar-refractivity contribution in [1.82, 2.24) is 9.88 Å². The van der Waals surface area contributed by atoms with Gasteiger partial charge in [-0.15, -0.1) is 0 Å². The summed E-state index contributed by atoms with van der Waals surface area (Å²) in [5, 5.41) is 4.92. The Morgan fingerprint density at radius 3 is 2.52 bits per heavy atom. The summed E-state index contributed by atoms with van der Waals surface area (Å²) in [6.45, 7) is 2.85. The van der Waals surface area contributed by atoms with Gasteiger partial charge in [-0.1, -0.05) is 0 Å². The molecule has 0 fully saturated rings. The maximum Gasteiger partial charge on any atom is 0.246 e. The first-order valence-electron chi connectivity index (χ1n) is 6.48. The molecule has 0 aliphatic rings. The van der Waals surface area contributed by atoms with E-state index in [0.29, 0.717) is 0 Å². The fraction of sp³-hybridized carbons (Fsp3) is 0.200. The number of halogens is 1. The van der Waals surface area contributed by atoms with E-state index in [4.69, 9.17) is 0 Å². The molecule has 0 radical (unpaired) electrons. The van der Waals surface area contributed by atoms with Gasteiger partial charge in [0.15, 0.2) is 0 Å². The van der Waals surface area contributed by atoms with Crippen LogP contribution in [0.2, 0.25) is 0 Å². The third-order valence-corrected chi connectivity index (χ3v) is 2.92. The number of nitrogens with zero attached hydrogens (tertiary/aromatic N) is 1. The Morgan fingerprint density at radius 1 is 1.24 bits per heavy atom. The number of carbonyl (C=O) groups is 2. The van der Waals surface area contributed by atoms with Crippen molar-refractivity contribution >= 4 is 17.5 Å². The molecule has 6 heteroatoms. The molecule has 0 unspecified atom stereocenters. The summed E-state index contributed by atoms with van der Waals surface area (Å²) in [6.07, 6.45) is 3.64. The highest BCUT2D eigenvalue weighted by Crippen LogP contribution is 2.19. The molecule has 110 valence electrons. The number of rotatable bonds is 4. The Kier molecular flexibility index (Phi) is 4.37. The van der Waals surface area contributed by atoms with Gasteiger partial charge in [-0.25, -0.2) is 4.39 Å². The minimum Gasteiger partial charge on any atom is -0.345 e. The first-order chi connectivity index (χ1) is 9.97. The van der Waals surface area contributed by atoms with Gasteiger partial charge in [0.05, 0.1) is 5.69 Å². The average Bonchev–Trinajstić information content (AvgIpc) is 2.94. The number of hydrogen-bond acceptors (Lipinski definition) is 2. The molecule has 2 aromatic rings. The van der Waals surface area contributed by atoms with Gasteiger partial charge in [0.25, 0.3) is 0 Å². The van der Waals surface area contributed by atoms with Gasteiger partial charge >= 0.3 is 0 Å². The number of nitrogens with one attached hydrogen (secondary N) is 2. The lowest BCUT2D eigenvalue weighted by Crippen LogP contribution is -2.40. The van der Waals surface area contributed by atoms with E-state index in [2.05, 4.69) is 10.6 Å². The third-order valence-electron chi connectivity index (χ3n) is 2.92. The van der Waals surface area contributed by atoms with Crippen LogP contribution in [0.25, 0.3) is 5.69 Å². The molecule has 0 saturated heterocycles. The minimum atomic E-state index is -0.739. The van der Waals surface area contributed by atoms with Gasteiger partial charge in [0.2, 0.25) is 11.8 Å². The van der Waals surface area contributed by atoms with E-state index in [0.717, 1.165) is 5.69 Å². The topological polar surface area (TPSA) is 63.1 Å². The summed E-state index contributed by atoms with van der Waals surface area (Å²) in [7, 11) is 0. The molecule has 0 saturated carbocycles. The monoisotopic (exact) mass is 289 g/mol. The number of aromatic nitrogens is 1. The zero-order chi connectivity index (χ0) is 15.4. The maximum absolute atomic E-state index is 13.8. The van der Waals surface area contributed by atoms with Gasteiger partial charge in [0, 0.05) is 25.0 Å². The Balaban J connectivity index is 2.18. The Bertz CT molecular complexity index is 653. The number of benzene rings is 1. The Hall–Kier alpha value is -2.63. The van der Waals surface area contributed by atoms with Gasteiger partial charge in [-0.05, 0) is 37.3 Å². The van der Waals surface area contributed by atoms with Crippen molar-refractivity contribution in [2.45, 2.75) is 19.9 Å². The fourth-order valence-corrected chi connectivity index (χ4v) is 1.89. The molecular formula is C15H16FN3O2. The van der Waals surface area contributed by atoms with E-state index >= 15 is 0 Å². The summed E-state index contributed by atoms with van der Waals surface area (Å²) in [4.78, 5) is 22.8. The minimum absolute atomic E-state index is 0.0726. The molecule has 1 aromatic carbocycles. The second kappa shape index (κ2) is 6.21. The van der Waals surface area contributed by atoms with E-state index in [-0.39, 0.29) is 11.6 Å². The van der Waals surface area contributed by atoms with Crippen molar-refractivity contribution in [3.8, 4) is 5.69 Å². The fourth-order valence-electron chi connectivity index (χ4n) is 1.89. The molecule has 21 heavy (non-hydrogen) atoms. The Labute approximate surface area is 121 Å². The first-order valence-corrected chi connectivity index (χ1v) is 6.48. The van der Waals surface area contributed by atoms with Crippen molar-refractivity contribution in [3.63, 3.8) is 0 Å². The molecule has 0 spiro atoms. The number of anilines is 1. The molecular weight excluding hydrogens is 273 g/mol. The molecule has 1 heterocycles. The van der Waals surface area contributed by atoms with Crippen molar-refractivity contribution in [2.24, 2.45) is 0 Å². The highest BCUT2D eigenvalue weighted by molar-refractivity contribution is 5.96. The third kappa shape index (κ3) is 3.68. The first kappa shape index (κ1) is 14.8. The lowest BCUT2D eigenvalue weighted by Gasteiger charge is -2.14. The Morgan fingerprint density at radius 2 is 1.90 bits per heavy atom. The quantitative estimate of drug-likeness (QED) is 0.905. The van der Waals surface area contributed by atoms with Crippen LogP contribution in [0.1, 0.15) is 13.8 Å². The second-order valence-electron chi connectivity index (χ2n) is 4.67. The van der Waals surface area contributed by atoms with E-state index in [1.54, 1.807) is 10.6 Å². The predicted molar refractivity (Wildman–Crippen MR) is 77.6 cm³/mol. The lowest BCUT2D eigenvalue weighted by atomic mass is 10.2.